The Labute approximate surface area is 157 Å². The van der Waals surface area contributed by atoms with Crippen LogP contribution in [0.4, 0.5) is 8.78 Å². The van der Waals surface area contributed by atoms with Gasteiger partial charge in [-0.15, -0.1) is 0 Å². The van der Waals surface area contributed by atoms with E-state index in [2.05, 4.69) is 0 Å². The monoisotopic (exact) mass is 384 g/mol. The van der Waals surface area contributed by atoms with Crippen molar-refractivity contribution in [2.45, 2.75) is 6.54 Å². The highest BCUT2D eigenvalue weighted by Crippen LogP contribution is 2.42. The predicted octanol–water partition coefficient (Wildman–Crippen LogP) is 0.881. The minimum Gasteiger partial charge on any atom is -0.396 e. The van der Waals surface area contributed by atoms with Crippen LogP contribution in [0.1, 0.15) is 5.56 Å². The van der Waals surface area contributed by atoms with Crippen molar-refractivity contribution in [3.63, 3.8) is 0 Å². The summed E-state index contributed by atoms with van der Waals surface area (Å²) in [6.45, 7) is 3.18. The molecule has 0 spiro atoms. The Bertz CT molecular complexity index is 675. The summed E-state index contributed by atoms with van der Waals surface area (Å²) in [5.41, 5.74) is -0.117. The van der Waals surface area contributed by atoms with Gasteiger partial charge in [-0.1, -0.05) is 12.1 Å². The Morgan fingerprint density at radius 3 is 2.81 bits per heavy atom. The SMILES string of the molecule is COCCOCC(=O)N1CC2CN(Cc3cccc(F)c3F)CC2(CO)C1. The van der Waals surface area contributed by atoms with Gasteiger partial charge in [-0.25, -0.2) is 8.78 Å². The highest BCUT2D eigenvalue weighted by atomic mass is 19.2. The number of aliphatic hydroxyl groups is 1. The van der Waals surface area contributed by atoms with Crippen LogP contribution in [0.2, 0.25) is 0 Å². The first kappa shape index (κ1) is 20.1. The molecular formula is C19H26F2N2O4. The molecule has 0 aliphatic carbocycles. The minimum atomic E-state index is -0.853. The maximum absolute atomic E-state index is 13.9. The molecule has 1 amide bonds. The number of amides is 1. The summed E-state index contributed by atoms with van der Waals surface area (Å²) in [5.74, 6) is -1.68. The molecular weight excluding hydrogens is 358 g/mol. The molecule has 2 unspecified atom stereocenters. The highest BCUT2D eigenvalue weighted by molar-refractivity contribution is 5.78. The topological polar surface area (TPSA) is 62.2 Å². The lowest BCUT2D eigenvalue weighted by Crippen LogP contribution is -2.40. The summed E-state index contributed by atoms with van der Waals surface area (Å²) < 4.78 is 37.5. The van der Waals surface area contributed by atoms with E-state index in [1.807, 2.05) is 4.90 Å². The quantitative estimate of drug-likeness (QED) is 0.675. The number of fused-ring (bicyclic) bond motifs is 1. The Morgan fingerprint density at radius 1 is 1.30 bits per heavy atom. The fourth-order valence-corrected chi connectivity index (χ4v) is 4.13. The maximum Gasteiger partial charge on any atom is 0.248 e. The first-order valence-electron chi connectivity index (χ1n) is 9.09. The second-order valence-corrected chi connectivity index (χ2v) is 7.42. The summed E-state index contributed by atoms with van der Waals surface area (Å²) in [4.78, 5) is 16.1. The Kier molecular flexibility index (Phi) is 6.41. The summed E-state index contributed by atoms with van der Waals surface area (Å²) in [6, 6.07) is 4.17. The Morgan fingerprint density at radius 2 is 2.11 bits per heavy atom. The molecule has 0 radical (unpaired) electrons. The number of rotatable bonds is 8. The fraction of sp³-hybridized carbons (Fsp3) is 0.632. The van der Waals surface area contributed by atoms with Gasteiger partial charge in [0.25, 0.3) is 0 Å². The number of methoxy groups -OCH3 is 1. The number of carbonyl (C=O) groups is 1. The number of ether oxygens (including phenoxy) is 2. The summed E-state index contributed by atoms with van der Waals surface area (Å²) in [5, 5.41) is 10.0. The van der Waals surface area contributed by atoms with Gasteiger partial charge in [0.2, 0.25) is 5.91 Å². The zero-order chi connectivity index (χ0) is 19.4. The third-order valence-corrected chi connectivity index (χ3v) is 5.58. The lowest BCUT2D eigenvalue weighted by atomic mass is 9.82. The molecule has 0 bridgehead atoms. The molecule has 2 aliphatic heterocycles. The van der Waals surface area contributed by atoms with Gasteiger partial charge < -0.3 is 19.5 Å². The van der Waals surface area contributed by atoms with Crippen LogP contribution in [-0.4, -0.2) is 80.5 Å². The number of hydrogen-bond acceptors (Lipinski definition) is 5. The van der Waals surface area contributed by atoms with Crippen molar-refractivity contribution in [3.8, 4) is 0 Å². The van der Waals surface area contributed by atoms with Gasteiger partial charge in [-0.2, -0.15) is 0 Å². The summed E-state index contributed by atoms with van der Waals surface area (Å²) >= 11 is 0. The molecule has 2 saturated heterocycles. The number of likely N-dealkylation sites (tertiary alicyclic amines) is 2. The molecule has 8 heteroatoms. The first-order valence-corrected chi connectivity index (χ1v) is 9.09. The highest BCUT2D eigenvalue weighted by Gasteiger charge is 2.53. The summed E-state index contributed by atoms with van der Waals surface area (Å²) in [7, 11) is 1.57. The van der Waals surface area contributed by atoms with E-state index in [9.17, 15) is 18.7 Å². The Balaban J connectivity index is 1.58. The van der Waals surface area contributed by atoms with Crippen molar-refractivity contribution in [3.05, 3.63) is 35.4 Å². The molecule has 6 nitrogen and oxygen atoms in total. The molecule has 1 aromatic rings. The molecule has 2 heterocycles. The van der Waals surface area contributed by atoms with E-state index in [1.165, 1.54) is 6.07 Å². The molecule has 2 aliphatic rings. The average molecular weight is 384 g/mol. The summed E-state index contributed by atoms with van der Waals surface area (Å²) in [6.07, 6.45) is 0. The van der Waals surface area contributed by atoms with E-state index in [0.717, 1.165) is 6.07 Å². The van der Waals surface area contributed by atoms with Crippen LogP contribution in [0, 0.1) is 23.0 Å². The third kappa shape index (κ3) is 4.29. The lowest BCUT2D eigenvalue weighted by molar-refractivity contribution is -0.136. The van der Waals surface area contributed by atoms with E-state index in [4.69, 9.17) is 9.47 Å². The van der Waals surface area contributed by atoms with Crippen LogP contribution in [0.15, 0.2) is 18.2 Å². The van der Waals surface area contributed by atoms with Crippen LogP contribution in [0.5, 0.6) is 0 Å². The first-order chi connectivity index (χ1) is 13.0. The standard InChI is InChI=1S/C19H26F2N2O4/c1-26-5-6-27-10-17(25)23-9-15-8-22(11-19(15,12-23)13-24)7-14-3-2-4-16(20)18(14)21/h2-4,15,24H,5-13H2,1H3. The third-order valence-electron chi connectivity index (χ3n) is 5.58. The molecule has 150 valence electrons. The van der Waals surface area contributed by atoms with Crippen LogP contribution >= 0.6 is 0 Å². The number of nitrogens with zero attached hydrogens (tertiary/aromatic N) is 2. The maximum atomic E-state index is 13.9. The minimum absolute atomic E-state index is 0.00416. The molecule has 27 heavy (non-hydrogen) atoms. The van der Waals surface area contributed by atoms with Crippen LogP contribution in [0.25, 0.3) is 0 Å². The number of benzene rings is 1. The largest absolute Gasteiger partial charge is 0.396 e. The molecule has 1 N–H and O–H groups in total. The molecule has 0 saturated carbocycles. The lowest BCUT2D eigenvalue weighted by Gasteiger charge is -2.27. The smallest absolute Gasteiger partial charge is 0.248 e. The van der Waals surface area contributed by atoms with Crippen LogP contribution in [0.3, 0.4) is 0 Å². The van der Waals surface area contributed by atoms with Gasteiger partial charge in [0.05, 0.1) is 19.8 Å². The van der Waals surface area contributed by atoms with Gasteiger partial charge in [0, 0.05) is 50.8 Å². The zero-order valence-electron chi connectivity index (χ0n) is 15.5. The van der Waals surface area contributed by atoms with Crippen molar-refractivity contribution in [1.82, 2.24) is 9.80 Å². The van der Waals surface area contributed by atoms with Gasteiger partial charge in [0.15, 0.2) is 11.6 Å². The number of hydrogen-bond donors (Lipinski definition) is 1. The van der Waals surface area contributed by atoms with Crippen molar-refractivity contribution < 1.29 is 28.2 Å². The second kappa shape index (κ2) is 8.60. The van der Waals surface area contributed by atoms with Crippen molar-refractivity contribution in [1.29, 1.82) is 0 Å². The molecule has 1 aromatic carbocycles. The van der Waals surface area contributed by atoms with E-state index in [0.29, 0.717) is 45.0 Å². The fourth-order valence-electron chi connectivity index (χ4n) is 4.13. The van der Waals surface area contributed by atoms with Crippen molar-refractivity contribution in [2.75, 3.05) is 59.7 Å². The second-order valence-electron chi connectivity index (χ2n) is 7.42. The number of carbonyl (C=O) groups excluding carboxylic acids is 1. The molecule has 0 aromatic heterocycles. The Hall–Kier alpha value is -1.61. The van der Waals surface area contributed by atoms with Crippen molar-refractivity contribution >= 4 is 5.91 Å². The normalized spacial score (nSPS) is 25.2. The van der Waals surface area contributed by atoms with Crippen LogP contribution < -0.4 is 0 Å². The van der Waals surface area contributed by atoms with E-state index in [-0.39, 0.29) is 31.6 Å². The van der Waals surface area contributed by atoms with Crippen molar-refractivity contribution in [2.24, 2.45) is 11.3 Å². The average Bonchev–Trinajstić information content (AvgIpc) is 3.16. The van der Waals surface area contributed by atoms with E-state index < -0.39 is 17.0 Å². The van der Waals surface area contributed by atoms with Crippen LogP contribution in [-0.2, 0) is 20.8 Å². The molecule has 2 fully saturated rings. The van der Waals surface area contributed by atoms with Gasteiger partial charge in [-0.05, 0) is 12.0 Å². The number of aliphatic hydroxyl groups excluding tert-OH is 1. The van der Waals surface area contributed by atoms with E-state index >= 15 is 0 Å². The van der Waals surface area contributed by atoms with Gasteiger partial charge >= 0.3 is 0 Å². The van der Waals surface area contributed by atoms with E-state index in [1.54, 1.807) is 18.1 Å². The molecule has 3 rings (SSSR count). The predicted molar refractivity (Wildman–Crippen MR) is 93.9 cm³/mol. The zero-order valence-corrected chi connectivity index (χ0v) is 15.5. The van der Waals surface area contributed by atoms with Gasteiger partial charge in [-0.3, -0.25) is 9.69 Å². The van der Waals surface area contributed by atoms with Gasteiger partial charge in [0.1, 0.15) is 6.61 Å². The molecule has 2 atom stereocenters. The number of halogens is 2.